The summed E-state index contributed by atoms with van der Waals surface area (Å²) in [6, 6.07) is 5.21. The van der Waals surface area contributed by atoms with Crippen LogP contribution in [0.5, 0.6) is 0 Å². The first kappa shape index (κ1) is 19.1. The zero-order valence-corrected chi connectivity index (χ0v) is 14.2. The van der Waals surface area contributed by atoms with Crippen LogP contribution in [0, 0.1) is 12.8 Å². The van der Waals surface area contributed by atoms with Gasteiger partial charge in [0.15, 0.2) is 0 Å². The lowest BCUT2D eigenvalue weighted by Crippen LogP contribution is -2.48. The molecular formula is C15H22N2O5S. The Bertz CT molecular complexity index is 653. The molecule has 0 aliphatic rings. The number of aliphatic carboxylic acids is 1. The highest BCUT2D eigenvalue weighted by Gasteiger charge is 2.26. The first-order valence-electron chi connectivity index (χ1n) is 7.20. The van der Waals surface area contributed by atoms with Gasteiger partial charge >= 0.3 is 5.97 Å². The van der Waals surface area contributed by atoms with Gasteiger partial charge in [-0.25, -0.2) is 8.42 Å². The summed E-state index contributed by atoms with van der Waals surface area (Å²) < 4.78 is 27.1. The van der Waals surface area contributed by atoms with Crippen LogP contribution >= 0.6 is 0 Å². The molecule has 1 aromatic carbocycles. The van der Waals surface area contributed by atoms with E-state index in [2.05, 4.69) is 10.0 Å². The monoisotopic (exact) mass is 342 g/mol. The van der Waals surface area contributed by atoms with Gasteiger partial charge in [0.1, 0.15) is 12.6 Å². The number of carboxylic acids is 1. The summed E-state index contributed by atoms with van der Waals surface area (Å²) in [6.07, 6.45) is 0.260. The normalized spacial score (nSPS) is 12.9. The van der Waals surface area contributed by atoms with Gasteiger partial charge in [-0.2, -0.15) is 4.72 Å². The Kier molecular flexibility index (Phi) is 6.71. The van der Waals surface area contributed by atoms with Crippen LogP contribution in [-0.2, 0) is 19.6 Å². The zero-order valence-electron chi connectivity index (χ0n) is 13.4. The van der Waals surface area contributed by atoms with Crippen LogP contribution in [0.4, 0.5) is 0 Å². The molecule has 0 saturated carbocycles. The molecule has 0 saturated heterocycles. The van der Waals surface area contributed by atoms with Crippen molar-refractivity contribution in [2.75, 3.05) is 6.54 Å². The van der Waals surface area contributed by atoms with E-state index in [1.54, 1.807) is 12.1 Å². The first-order chi connectivity index (χ1) is 10.6. The highest BCUT2D eigenvalue weighted by atomic mass is 32.2. The first-order valence-corrected chi connectivity index (χ1v) is 8.68. The molecule has 0 aliphatic heterocycles. The molecular weight excluding hydrogens is 320 g/mol. The van der Waals surface area contributed by atoms with Crippen molar-refractivity contribution in [2.24, 2.45) is 5.92 Å². The Morgan fingerprint density at radius 1 is 1.17 bits per heavy atom. The van der Waals surface area contributed by atoms with Crippen molar-refractivity contribution >= 4 is 21.9 Å². The smallest absolute Gasteiger partial charge is 0.322 e. The maximum atomic E-state index is 12.4. The molecule has 0 aliphatic carbocycles. The predicted molar refractivity (Wildman–Crippen MR) is 85.4 cm³/mol. The van der Waals surface area contributed by atoms with Crippen molar-refractivity contribution < 1.29 is 23.1 Å². The quantitative estimate of drug-likeness (QED) is 0.649. The molecule has 1 aromatic rings. The second-order valence-corrected chi connectivity index (χ2v) is 7.44. The molecule has 0 radical (unpaired) electrons. The van der Waals surface area contributed by atoms with Gasteiger partial charge < -0.3 is 10.4 Å². The number of sulfonamides is 1. The lowest BCUT2D eigenvalue weighted by Gasteiger charge is -2.19. The number of rotatable bonds is 8. The molecule has 8 heteroatoms. The molecule has 7 nitrogen and oxygen atoms in total. The van der Waals surface area contributed by atoms with Gasteiger partial charge in [0.05, 0.1) is 4.90 Å². The molecule has 1 atom stereocenters. The molecule has 1 unspecified atom stereocenters. The molecule has 128 valence electrons. The number of hydrogen-bond donors (Lipinski definition) is 3. The number of carbonyl (C=O) groups is 2. The van der Waals surface area contributed by atoms with Crippen molar-refractivity contribution in [3.05, 3.63) is 29.8 Å². The second-order valence-electron chi connectivity index (χ2n) is 5.73. The van der Waals surface area contributed by atoms with Crippen molar-refractivity contribution in [2.45, 2.75) is 38.1 Å². The minimum absolute atomic E-state index is 0.0521. The fourth-order valence-corrected chi connectivity index (χ4v) is 3.15. The van der Waals surface area contributed by atoms with E-state index >= 15 is 0 Å². The lowest BCUT2D eigenvalue weighted by molar-refractivity contribution is -0.138. The third-order valence-corrected chi connectivity index (χ3v) is 4.55. The molecule has 0 fully saturated rings. The van der Waals surface area contributed by atoms with Gasteiger partial charge in [-0.05, 0) is 31.4 Å². The molecule has 0 heterocycles. The number of benzene rings is 1. The minimum atomic E-state index is -3.86. The molecule has 0 aromatic heterocycles. The van der Waals surface area contributed by atoms with E-state index in [9.17, 15) is 18.0 Å². The number of carboxylic acid groups (broad SMARTS) is 1. The molecule has 0 spiro atoms. The highest BCUT2D eigenvalue weighted by Crippen LogP contribution is 2.13. The van der Waals surface area contributed by atoms with E-state index in [0.29, 0.717) is 0 Å². The average Bonchev–Trinajstić information content (AvgIpc) is 2.43. The minimum Gasteiger partial charge on any atom is -0.480 e. The number of carbonyl (C=O) groups excluding carboxylic acids is 1. The SMILES string of the molecule is Cc1ccc(S(=O)(=O)NC(CC(C)C)C(=O)NCC(=O)O)cc1. The summed E-state index contributed by atoms with van der Waals surface area (Å²) in [7, 11) is -3.86. The van der Waals surface area contributed by atoms with E-state index in [1.165, 1.54) is 12.1 Å². The van der Waals surface area contributed by atoms with Crippen LogP contribution < -0.4 is 10.0 Å². The van der Waals surface area contributed by atoms with Crippen LogP contribution in [0.1, 0.15) is 25.8 Å². The van der Waals surface area contributed by atoms with Gasteiger partial charge in [-0.15, -0.1) is 0 Å². The van der Waals surface area contributed by atoms with Crippen LogP contribution in [-0.4, -0.2) is 38.0 Å². The Balaban J connectivity index is 2.92. The van der Waals surface area contributed by atoms with Crippen molar-refractivity contribution in [1.82, 2.24) is 10.0 Å². The summed E-state index contributed by atoms with van der Waals surface area (Å²) in [6.45, 7) is 4.97. The Labute approximate surface area is 136 Å². The standard InChI is InChI=1S/C15H22N2O5S/c1-10(2)8-13(15(20)16-9-14(18)19)17-23(21,22)12-6-4-11(3)5-7-12/h4-7,10,13,17H,8-9H2,1-3H3,(H,16,20)(H,18,19). The maximum Gasteiger partial charge on any atom is 0.322 e. The van der Waals surface area contributed by atoms with Gasteiger partial charge in [-0.3, -0.25) is 9.59 Å². The molecule has 0 bridgehead atoms. The van der Waals surface area contributed by atoms with Crippen LogP contribution in [0.2, 0.25) is 0 Å². The Morgan fingerprint density at radius 2 is 1.74 bits per heavy atom. The Hall–Kier alpha value is -1.93. The molecule has 1 rings (SSSR count). The predicted octanol–water partition coefficient (Wildman–Crippen LogP) is 0.889. The summed E-state index contributed by atoms with van der Waals surface area (Å²) in [4.78, 5) is 22.6. The van der Waals surface area contributed by atoms with Crippen molar-refractivity contribution in [3.8, 4) is 0 Å². The highest BCUT2D eigenvalue weighted by molar-refractivity contribution is 7.89. The fraction of sp³-hybridized carbons (Fsp3) is 0.467. The summed E-state index contributed by atoms with van der Waals surface area (Å²) in [5.41, 5.74) is 0.918. The zero-order chi connectivity index (χ0) is 17.6. The largest absolute Gasteiger partial charge is 0.480 e. The van der Waals surface area contributed by atoms with E-state index in [1.807, 2.05) is 20.8 Å². The number of amides is 1. The van der Waals surface area contributed by atoms with Crippen molar-refractivity contribution in [3.63, 3.8) is 0 Å². The third-order valence-electron chi connectivity index (χ3n) is 3.07. The van der Waals surface area contributed by atoms with E-state index in [0.717, 1.165) is 5.56 Å². The van der Waals surface area contributed by atoms with Gasteiger partial charge in [0, 0.05) is 0 Å². The third kappa shape index (κ3) is 6.37. The number of aryl methyl sites for hydroxylation is 1. The summed E-state index contributed by atoms with van der Waals surface area (Å²) in [5.74, 6) is -1.80. The summed E-state index contributed by atoms with van der Waals surface area (Å²) >= 11 is 0. The fourth-order valence-electron chi connectivity index (χ4n) is 1.94. The van der Waals surface area contributed by atoms with E-state index in [-0.39, 0.29) is 17.2 Å². The number of hydrogen-bond acceptors (Lipinski definition) is 4. The van der Waals surface area contributed by atoms with Crippen LogP contribution in [0.3, 0.4) is 0 Å². The van der Waals surface area contributed by atoms with Crippen LogP contribution in [0.15, 0.2) is 29.2 Å². The van der Waals surface area contributed by atoms with Gasteiger partial charge in [0.2, 0.25) is 15.9 Å². The van der Waals surface area contributed by atoms with E-state index < -0.39 is 34.5 Å². The van der Waals surface area contributed by atoms with Crippen LogP contribution in [0.25, 0.3) is 0 Å². The maximum absolute atomic E-state index is 12.4. The molecule has 3 N–H and O–H groups in total. The lowest BCUT2D eigenvalue weighted by atomic mass is 10.0. The van der Waals surface area contributed by atoms with Gasteiger partial charge in [0.25, 0.3) is 0 Å². The molecule has 23 heavy (non-hydrogen) atoms. The summed E-state index contributed by atoms with van der Waals surface area (Å²) in [5, 5.41) is 10.8. The topological polar surface area (TPSA) is 113 Å². The number of nitrogens with one attached hydrogen (secondary N) is 2. The van der Waals surface area contributed by atoms with Crippen molar-refractivity contribution in [1.29, 1.82) is 0 Å². The second kappa shape index (κ2) is 8.07. The Morgan fingerprint density at radius 3 is 2.22 bits per heavy atom. The van der Waals surface area contributed by atoms with E-state index in [4.69, 9.17) is 5.11 Å². The average molecular weight is 342 g/mol. The van der Waals surface area contributed by atoms with Gasteiger partial charge in [-0.1, -0.05) is 31.5 Å². The molecule has 1 amide bonds.